The van der Waals surface area contributed by atoms with Crippen LogP contribution in [0.4, 0.5) is 14.5 Å². The van der Waals surface area contributed by atoms with Crippen molar-refractivity contribution >= 4 is 5.69 Å². The molecule has 0 bridgehead atoms. The van der Waals surface area contributed by atoms with Crippen molar-refractivity contribution in [2.24, 2.45) is 5.92 Å². The van der Waals surface area contributed by atoms with E-state index in [2.05, 4.69) is 11.4 Å². The largest absolute Gasteiger partial charge is 0.379 e. The lowest BCUT2D eigenvalue weighted by Gasteiger charge is -2.22. The van der Waals surface area contributed by atoms with Gasteiger partial charge < -0.3 is 5.32 Å². The quantitative estimate of drug-likeness (QED) is 0.809. The zero-order valence-corrected chi connectivity index (χ0v) is 10.1. The summed E-state index contributed by atoms with van der Waals surface area (Å²) in [6, 6.07) is 5.72. The molecule has 0 spiro atoms. The molecule has 18 heavy (non-hydrogen) atoms. The van der Waals surface area contributed by atoms with Crippen LogP contribution in [0.3, 0.4) is 0 Å². The lowest BCUT2D eigenvalue weighted by atomic mass is 9.96. The fourth-order valence-corrected chi connectivity index (χ4v) is 2.44. The minimum atomic E-state index is -0.601. The van der Waals surface area contributed by atoms with Crippen molar-refractivity contribution in [2.75, 3.05) is 5.32 Å². The van der Waals surface area contributed by atoms with E-state index < -0.39 is 11.6 Å². The van der Waals surface area contributed by atoms with Crippen molar-refractivity contribution in [2.45, 2.75) is 38.1 Å². The van der Waals surface area contributed by atoms with Gasteiger partial charge in [-0.15, -0.1) is 0 Å². The van der Waals surface area contributed by atoms with E-state index in [9.17, 15) is 8.78 Å². The standard InChI is InChI=1S/C14H16F2N2/c15-11-6-7-14(12(16)8-11)18-13-5-3-1-2-4-10(13)9-17/h6-8,10,13,18H,1-5H2. The zero-order chi connectivity index (χ0) is 13.0. The third kappa shape index (κ3) is 2.98. The maximum Gasteiger partial charge on any atom is 0.149 e. The molecule has 1 fully saturated rings. The molecule has 0 aromatic heterocycles. The number of hydrogen-bond acceptors (Lipinski definition) is 2. The summed E-state index contributed by atoms with van der Waals surface area (Å²) in [4.78, 5) is 0. The van der Waals surface area contributed by atoms with Gasteiger partial charge in [-0.3, -0.25) is 0 Å². The molecular formula is C14H16F2N2. The Morgan fingerprint density at radius 2 is 1.94 bits per heavy atom. The predicted molar refractivity (Wildman–Crippen MR) is 66.0 cm³/mol. The lowest BCUT2D eigenvalue weighted by Crippen LogP contribution is -2.27. The van der Waals surface area contributed by atoms with E-state index in [1.165, 1.54) is 12.1 Å². The van der Waals surface area contributed by atoms with E-state index in [1.54, 1.807) is 0 Å². The number of anilines is 1. The van der Waals surface area contributed by atoms with Gasteiger partial charge >= 0.3 is 0 Å². The molecule has 1 saturated carbocycles. The molecule has 0 amide bonds. The average Bonchev–Trinajstić information content (AvgIpc) is 2.57. The van der Waals surface area contributed by atoms with E-state index in [0.717, 1.165) is 38.2 Å². The number of hydrogen-bond donors (Lipinski definition) is 1. The van der Waals surface area contributed by atoms with Crippen molar-refractivity contribution in [1.29, 1.82) is 5.26 Å². The Morgan fingerprint density at radius 3 is 2.67 bits per heavy atom. The molecule has 2 atom stereocenters. The minimum absolute atomic E-state index is 0.0440. The molecule has 0 saturated heterocycles. The summed E-state index contributed by atoms with van der Waals surface area (Å²) < 4.78 is 26.4. The van der Waals surface area contributed by atoms with Crippen molar-refractivity contribution in [3.05, 3.63) is 29.8 Å². The maximum absolute atomic E-state index is 13.6. The third-order valence-electron chi connectivity index (χ3n) is 3.45. The fraction of sp³-hybridized carbons (Fsp3) is 0.500. The molecule has 1 aromatic rings. The minimum Gasteiger partial charge on any atom is -0.379 e. The molecule has 0 radical (unpaired) electrons. The Hall–Kier alpha value is -1.63. The van der Waals surface area contributed by atoms with E-state index in [-0.39, 0.29) is 17.6 Å². The third-order valence-corrected chi connectivity index (χ3v) is 3.45. The lowest BCUT2D eigenvalue weighted by molar-refractivity contribution is 0.508. The summed E-state index contributed by atoms with van der Waals surface area (Å²) in [6.07, 6.45) is 4.90. The second kappa shape index (κ2) is 5.81. The molecule has 4 heteroatoms. The monoisotopic (exact) mass is 250 g/mol. The molecule has 2 rings (SSSR count). The van der Waals surface area contributed by atoms with Crippen LogP contribution in [0.5, 0.6) is 0 Å². The fourth-order valence-electron chi connectivity index (χ4n) is 2.44. The average molecular weight is 250 g/mol. The number of benzene rings is 1. The molecule has 1 aromatic carbocycles. The van der Waals surface area contributed by atoms with Crippen LogP contribution in [0.15, 0.2) is 18.2 Å². The first kappa shape index (κ1) is 12.8. The van der Waals surface area contributed by atoms with Crippen LogP contribution in [-0.2, 0) is 0 Å². The summed E-state index contributed by atoms with van der Waals surface area (Å²) >= 11 is 0. The number of halogens is 2. The van der Waals surface area contributed by atoms with E-state index >= 15 is 0 Å². The van der Waals surface area contributed by atoms with Gasteiger partial charge in [0.05, 0.1) is 17.7 Å². The number of nitrogens with zero attached hydrogens (tertiary/aromatic N) is 1. The first-order valence-corrected chi connectivity index (χ1v) is 6.32. The maximum atomic E-state index is 13.6. The first-order valence-electron chi connectivity index (χ1n) is 6.32. The second-order valence-electron chi connectivity index (χ2n) is 4.75. The summed E-state index contributed by atoms with van der Waals surface area (Å²) in [5.41, 5.74) is 0.281. The van der Waals surface area contributed by atoms with Crippen LogP contribution in [0, 0.1) is 28.9 Å². The van der Waals surface area contributed by atoms with Gasteiger partial charge in [-0.25, -0.2) is 8.78 Å². The van der Waals surface area contributed by atoms with Gasteiger partial charge in [-0.2, -0.15) is 5.26 Å². The Balaban J connectivity index is 2.13. The Kier molecular flexibility index (Phi) is 4.14. The van der Waals surface area contributed by atoms with Crippen LogP contribution in [0.1, 0.15) is 32.1 Å². The first-order chi connectivity index (χ1) is 8.70. The highest BCUT2D eigenvalue weighted by molar-refractivity contribution is 5.46. The predicted octanol–water partition coefficient (Wildman–Crippen LogP) is 3.85. The van der Waals surface area contributed by atoms with Gasteiger partial charge in [-0.1, -0.05) is 19.3 Å². The van der Waals surface area contributed by atoms with Crippen LogP contribution < -0.4 is 5.32 Å². The number of nitriles is 1. The summed E-state index contributed by atoms with van der Waals surface area (Å²) in [6.45, 7) is 0. The van der Waals surface area contributed by atoms with Crippen LogP contribution in [0.2, 0.25) is 0 Å². The topological polar surface area (TPSA) is 35.8 Å². The number of nitrogens with one attached hydrogen (secondary N) is 1. The van der Waals surface area contributed by atoms with Gasteiger partial charge in [0.1, 0.15) is 11.6 Å². The number of rotatable bonds is 2. The van der Waals surface area contributed by atoms with Crippen molar-refractivity contribution in [3.63, 3.8) is 0 Å². The Labute approximate surface area is 106 Å². The SMILES string of the molecule is N#CC1CCCCCC1Nc1ccc(F)cc1F. The molecule has 96 valence electrons. The van der Waals surface area contributed by atoms with Gasteiger partial charge in [0.2, 0.25) is 0 Å². The zero-order valence-electron chi connectivity index (χ0n) is 10.1. The summed E-state index contributed by atoms with van der Waals surface area (Å²) in [5.74, 6) is -1.29. The molecule has 1 N–H and O–H groups in total. The van der Waals surface area contributed by atoms with Gasteiger partial charge in [0.25, 0.3) is 0 Å². The van der Waals surface area contributed by atoms with Gasteiger partial charge in [0.15, 0.2) is 0 Å². The Bertz CT molecular complexity index is 454. The highest BCUT2D eigenvalue weighted by Crippen LogP contribution is 2.27. The molecule has 2 nitrogen and oxygen atoms in total. The molecule has 0 heterocycles. The summed E-state index contributed by atoms with van der Waals surface area (Å²) in [5, 5.41) is 12.2. The molecule has 1 aliphatic rings. The van der Waals surface area contributed by atoms with E-state index in [0.29, 0.717) is 0 Å². The van der Waals surface area contributed by atoms with Gasteiger partial charge in [0, 0.05) is 12.1 Å². The highest BCUT2D eigenvalue weighted by Gasteiger charge is 2.24. The normalized spacial score (nSPS) is 24.1. The second-order valence-corrected chi connectivity index (χ2v) is 4.75. The molecule has 0 aliphatic heterocycles. The molecular weight excluding hydrogens is 234 g/mol. The van der Waals surface area contributed by atoms with E-state index in [1.807, 2.05) is 0 Å². The summed E-state index contributed by atoms with van der Waals surface area (Å²) in [7, 11) is 0. The van der Waals surface area contributed by atoms with E-state index in [4.69, 9.17) is 5.26 Å². The van der Waals surface area contributed by atoms with Crippen molar-refractivity contribution in [1.82, 2.24) is 0 Å². The van der Waals surface area contributed by atoms with Crippen molar-refractivity contribution in [3.8, 4) is 6.07 Å². The highest BCUT2D eigenvalue weighted by atomic mass is 19.1. The van der Waals surface area contributed by atoms with Crippen LogP contribution in [0.25, 0.3) is 0 Å². The van der Waals surface area contributed by atoms with Crippen LogP contribution >= 0.6 is 0 Å². The molecule has 1 aliphatic carbocycles. The van der Waals surface area contributed by atoms with Gasteiger partial charge in [-0.05, 0) is 25.0 Å². The van der Waals surface area contributed by atoms with Crippen molar-refractivity contribution < 1.29 is 8.78 Å². The molecule has 2 unspecified atom stereocenters. The van der Waals surface area contributed by atoms with Crippen LogP contribution in [-0.4, -0.2) is 6.04 Å². The smallest absolute Gasteiger partial charge is 0.149 e. The Morgan fingerprint density at radius 1 is 1.17 bits per heavy atom.